The Morgan fingerprint density at radius 2 is 1.74 bits per heavy atom. The number of piperazine rings is 1. The molecule has 1 saturated heterocycles. The molecule has 0 bridgehead atoms. The van der Waals surface area contributed by atoms with Crippen LogP contribution in [0.1, 0.15) is 5.69 Å². The molecule has 0 unspecified atom stereocenters. The summed E-state index contributed by atoms with van der Waals surface area (Å²) in [6, 6.07) is 18.1. The molecule has 3 heterocycles. The number of nitrogens with one attached hydrogen (secondary N) is 1. The molecular weight excluding hydrogens is 336 g/mol. The minimum absolute atomic E-state index is 0.325. The molecule has 0 saturated carbocycles. The van der Waals surface area contributed by atoms with Crippen LogP contribution in [-0.2, 0) is 6.54 Å². The van der Waals surface area contributed by atoms with Crippen molar-refractivity contribution in [3.63, 3.8) is 0 Å². The fourth-order valence-corrected chi connectivity index (χ4v) is 3.96. The first kappa shape index (κ1) is 16.1. The zero-order valence-corrected chi connectivity index (χ0v) is 15.1. The number of hydrogen-bond acceptors (Lipinski definition) is 4. The number of phenols is 1. The molecule has 2 aromatic carbocycles. The minimum Gasteiger partial charge on any atom is -0.508 e. The van der Waals surface area contributed by atoms with Gasteiger partial charge in [-0.05, 0) is 24.3 Å². The van der Waals surface area contributed by atoms with Crippen LogP contribution in [0.5, 0.6) is 5.75 Å². The van der Waals surface area contributed by atoms with Crippen LogP contribution in [0.2, 0.25) is 0 Å². The molecule has 1 aliphatic heterocycles. The van der Waals surface area contributed by atoms with Gasteiger partial charge in [0.05, 0.1) is 17.4 Å². The van der Waals surface area contributed by atoms with E-state index in [1.54, 1.807) is 6.07 Å². The Hall–Kier alpha value is -3.05. The van der Waals surface area contributed by atoms with E-state index in [-0.39, 0.29) is 0 Å². The molecule has 27 heavy (non-hydrogen) atoms. The molecule has 5 nitrogen and oxygen atoms in total. The summed E-state index contributed by atoms with van der Waals surface area (Å²) >= 11 is 0. The number of hydrogen-bond donors (Lipinski definition) is 2. The summed E-state index contributed by atoms with van der Waals surface area (Å²) in [7, 11) is 0. The van der Waals surface area contributed by atoms with Crippen molar-refractivity contribution in [2.24, 2.45) is 0 Å². The molecule has 0 radical (unpaired) electrons. The van der Waals surface area contributed by atoms with E-state index in [9.17, 15) is 5.11 Å². The normalized spacial score (nSPS) is 15.6. The largest absolute Gasteiger partial charge is 0.508 e. The van der Waals surface area contributed by atoms with E-state index in [4.69, 9.17) is 0 Å². The third kappa shape index (κ3) is 3.11. The van der Waals surface area contributed by atoms with Crippen LogP contribution < -0.4 is 4.90 Å². The van der Waals surface area contributed by atoms with E-state index in [1.807, 2.05) is 18.3 Å². The summed E-state index contributed by atoms with van der Waals surface area (Å²) in [6.07, 6.45) is 1.95. The van der Waals surface area contributed by atoms with Gasteiger partial charge >= 0.3 is 0 Å². The lowest BCUT2D eigenvalue weighted by atomic mass is 10.1. The summed E-state index contributed by atoms with van der Waals surface area (Å²) in [5.41, 5.74) is 4.45. The van der Waals surface area contributed by atoms with Gasteiger partial charge < -0.3 is 15.0 Å². The van der Waals surface area contributed by atoms with Crippen molar-refractivity contribution >= 4 is 27.5 Å². The molecule has 2 aromatic heterocycles. The maximum Gasteiger partial charge on any atom is 0.117 e. The topological polar surface area (TPSA) is 55.4 Å². The molecule has 1 fully saturated rings. The smallest absolute Gasteiger partial charge is 0.117 e. The average Bonchev–Trinajstić information content (AvgIpc) is 3.07. The van der Waals surface area contributed by atoms with Gasteiger partial charge in [0.1, 0.15) is 5.75 Å². The quantitative estimate of drug-likeness (QED) is 0.586. The minimum atomic E-state index is 0.325. The van der Waals surface area contributed by atoms with Gasteiger partial charge in [0.25, 0.3) is 0 Å². The number of nitrogens with zero attached hydrogens (tertiary/aromatic N) is 3. The van der Waals surface area contributed by atoms with Crippen LogP contribution >= 0.6 is 0 Å². The lowest BCUT2D eigenvalue weighted by molar-refractivity contribution is 0.247. The summed E-state index contributed by atoms with van der Waals surface area (Å²) in [5, 5.41) is 12.2. The highest BCUT2D eigenvalue weighted by atomic mass is 16.3. The van der Waals surface area contributed by atoms with Gasteiger partial charge in [0.2, 0.25) is 0 Å². The van der Waals surface area contributed by atoms with Crippen LogP contribution in [0.3, 0.4) is 0 Å². The Morgan fingerprint density at radius 1 is 0.889 bits per heavy atom. The third-order valence-corrected chi connectivity index (χ3v) is 5.40. The fourth-order valence-electron chi connectivity index (χ4n) is 3.96. The summed E-state index contributed by atoms with van der Waals surface area (Å²) < 4.78 is 0. The van der Waals surface area contributed by atoms with Crippen molar-refractivity contribution in [1.82, 2.24) is 14.9 Å². The number of para-hydroxylation sites is 1. The van der Waals surface area contributed by atoms with Crippen molar-refractivity contribution < 1.29 is 5.11 Å². The summed E-state index contributed by atoms with van der Waals surface area (Å²) in [5.74, 6) is 0.325. The van der Waals surface area contributed by atoms with Gasteiger partial charge in [-0.15, -0.1) is 0 Å². The second-order valence-corrected chi connectivity index (χ2v) is 7.17. The van der Waals surface area contributed by atoms with E-state index in [0.717, 1.165) is 55.1 Å². The maximum atomic E-state index is 9.69. The van der Waals surface area contributed by atoms with E-state index < -0.39 is 0 Å². The zero-order valence-electron chi connectivity index (χ0n) is 15.1. The Kier molecular flexibility index (Phi) is 3.94. The van der Waals surface area contributed by atoms with Crippen molar-refractivity contribution in [2.45, 2.75) is 6.54 Å². The monoisotopic (exact) mass is 358 g/mol. The number of phenolic OH excluding ortho intramolecular Hbond substituents is 1. The van der Waals surface area contributed by atoms with E-state index in [2.05, 4.69) is 56.2 Å². The van der Waals surface area contributed by atoms with Gasteiger partial charge in [-0.3, -0.25) is 9.88 Å². The highest BCUT2D eigenvalue weighted by molar-refractivity contribution is 6.06. The van der Waals surface area contributed by atoms with Crippen LogP contribution in [0.25, 0.3) is 21.8 Å². The molecule has 136 valence electrons. The van der Waals surface area contributed by atoms with Crippen LogP contribution in [0.15, 0.2) is 60.8 Å². The first-order valence-corrected chi connectivity index (χ1v) is 9.38. The van der Waals surface area contributed by atoms with E-state index in [1.165, 1.54) is 10.8 Å². The zero-order chi connectivity index (χ0) is 18.2. The van der Waals surface area contributed by atoms with Gasteiger partial charge in [-0.2, -0.15) is 0 Å². The Balaban J connectivity index is 1.31. The molecule has 0 spiro atoms. The SMILES string of the molecule is Oc1cccc(N2CCN(Cc3cc4c(cn3)[nH]c3ccccc34)CC2)c1. The van der Waals surface area contributed by atoms with Crippen molar-refractivity contribution in [2.75, 3.05) is 31.1 Å². The molecule has 5 heteroatoms. The fraction of sp³-hybridized carbons (Fsp3) is 0.227. The van der Waals surface area contributed by atoms with Gasteiger partial charge in [0.15, 0.2) is 0 Å². The lowest BCUT2D eigenvalue weighted by Crippen LogP contribution is -2.46. The van der Waals surface area contributed by atoms with Gasteiger partial charge in [0, 0.05) is 60.8 Å². The second-order valence-electron chi connectivity index (χ2n) is 7.17. The molecule has 4 aromatic rings. The summed E-state index contributed by atoms with van der Waals surface area (Å²) in [6.45, 7) is 4.76. The number of H-pyrrole nitrogens is 1. The second kappa shape index (κ2) is 6.59. The maximum absolute atomic E-state index is 9.69. The van der Waals surface area contributed by atoms with Crippen LogP contribution in [0, 0.1) is 0 Å². The van der Waals surface area contributed by atoms with Crippen molar-refractivity contribution in [3.8, 4) is 5.75 Å². The number of aromatic hydroxyl groups is 1. The number of fused-ring (bicyclic) bond motifs is 3. The highest BCUT2D eigenvalue weighted by Gasteiger charge is 2.18. The average molecular weight is 358 g/mol. The Labute approximate surface area is 157 Å². The van der Waals surface area contributed by atoms with Crippen LogP contribution in [-0.4, -0.2) is 46.2 Å². The first-order valence-electron chi connectivity index (χ1n) is 9.38. The Bertz CT molecular complexity index is 1100. The standard InChI is InChI=1S/C22H22N4O/c27-18-5-3-4-17(13-18)26-10-8-25(9-11-26)15-16-12-20-19-6-1-2-7-21(19)24-22(20)14-23-16/h1-7,12-14,24,27H,8-11,15H2. The lowest BCUT2D eigenvalue weighted by Gasteiger charge is -2.36. The number of rotatable bonds is 3. The van der Waals surface area contributed by atoms with Gasteiger partial charge in [-0.25, -0.2) is 0 Å². The molecule has 0 atom stereocenters. The van der Waals surface area contributed by atoms with Gasteiger partial charge in [-0.1, -0.05) is 24.3 Å². The number of anilines is 1. The molecule has 2 N–H and O–H groups in total. The molecule has 5 rings (SSSR count). The van der Waals surface area contributed by atoms with E-state index >= 15 is 0 Å². The highest BCUT2D eigenvalue weighted by Crippen LogP contribution is 2.26. The number of benzene rings is 2. The predicted molar refractivity (Wildman–Crippen MR) is 109 cm³/mol. The Morgan fingerprint density at radius 3 is 2.59 bits per heavy atom. The van der Waals surface area contributed by atoms with Crippen molar-refractivity contribution in [3.05, 3.63) is 66.5 Å². The van der Waals surface area contributed by atoms with Crippen molar-refractivity contribution in [1.29, 1.82) is 0 Å². The van der Waals surface area contributed by atoms with E-state index in [0.29, 0.717) is 5.75 Å². The predicted octanol–water partition coefficient (Wildman–Crippen LogP) is 3.74. The first-order chi connectivity index (χ1) is 13.3. The molecule has 0 aliphatic carbocycles. The van der Waals surface area contributed by atoms with Crippen LogP contribution in [0.4, 0.5) is 5.69 Å². The number of aromatic nitrogens is 2. The molecular formula is C22H22N4O. The molecule has 0 amide bonds. The number of aromatic amines is 1. The molecule has 1 aliphatic rings. The number of pyridine rings is 1. The third-order valence-electron chi connectivity index (χ3n) is 5.40. The summed E-state index contributed by atoms with van der Waals surface area (Å²) in [4.78, 5) is 12.9.